The number of hydrogen-bond acceptors (Lipinski definition) is 2. The van der Waals surface area contributed by atoms with Crippen molar-refractivity contribution in [3.8, 4) is 0 Å². The van der Waals surface area contributed by atoms with Crippen molar-refractivity contribution in [2.75, 3.05) is 19.7 Å². The van der Waals surface area contributed by atoms with E-state index >= 15 is 0 Å². The van der Waals surface area contributed by atoms with E-state index in [1.807, 2.05) is 24.3 Å². The minimum Gasteiger partial charge on any atom is -0.465 e. The highest BCUT2D eigenvalue weighted by molar-refractivity contribution is 9.10. The van der Waals surface area contributed by atoms with Gasteiger partial charge < -0.3 is 15.1 Å². The van der Waals surface area contributed by atoms with Crippen molar-refractivity contribution in [2.24, 2.45) is 0 Å². The van der Waals surface area contributed by atoms with Crippen LogP contribution in [0.25, 0.3) is 0 Å². The van der Waals surface area contributed by atoms with E-state index in [1.165, 1.54) is 4.90 Å². The molecule has 1 heterocycles. The van der Waals surface area contributed by atoms with Crippen LogP contribution in [0.15, 0.2) is 28.7 Å². The Labute approximate surface area is 114 Å². The number of aliphatic hydroxyl groups is 1. The lowest BCUT2D eigenvalue weighted by Crippen LogP contribution is -2.46. The van der Waals surface area contributed by atoms with Crippen LogP contribution in [0, 0.1) is 0 Å². The zero-order valence-corrected chi connectivity index (χ0v) is 11.6. The molecule has 1 amide bonds. The molecule has 2 N–H and O–H groups in total. The van der Waals surface area contributed by atoms with Crippen molar-refractivity contribution in [1.82, 2.24) is 4.90 Å². The first kappa shape index (κ1) is 13.4. The fourth-order valence-electron chi connectivity index (χ4n) is 2.47. The van der Waals surface area contributed by atoms with Crippen LogP contribution in [-0.4, -0.2) is 40.9 Å². The number of nitrogens with zero attached hydrogens (tertiary/aromatic N) is 1. The number of aliphatic hydroxyl groups excluding tert-OH is 1. The van der Waals surface area contributed by atoms with Crippen molar-refractivity contribution in [1.29, 1.82) is 0 Å². The number of carboxylic acid groups (broad SMARTS) is 1. The topological polar surface area (TPSA) is 60.8 Å². The number of piperidine rings is 1. The Morgan fingerprint density at radius 1 is 1.28 bits per heavy atom. The minimum absolute atomic E-state index is 0.0576. The molecular formula is C13H16BrNO3. The van der Waals surface area contributed by atoms with Crippen LogP contribution in [-0.2, 0) is 5.41 Å². The molecule has 18 heavy (non-hydrogen) atoms. The van der Waals surface area contributed by atoms with Gasteiger partial charge in [0, 0.05) is 23.0 Å². The van der Waals surface area contributed by atoms with E-state index in [0.29, 0.717) is 25.9 Å². The van der Waals surface area contributed by atoms with Crippen molar-refractivity contribution >= 4 is 22.0 Å². The molecule has 0 spiro atoms. The number of likely N-dealkylation sites (tertiary alicyclic amines) is 1. The summed E-state index contributed by atoms with van der Waals surface area (Å²) in [5, 5.41) is 18.7. The van der Waals surface area contributed by atoms with Gasteiger partial charge in [-0.15, -0.1) is 0 Å². The van der Waals surface area contributed by atoms with Crippen LogP contribution >= 0.6 is 15.9 Å². The van der Waals surface area contributed by atoms with Crippen molar-refractivity contribution in [2.45, 2.75) is 18.3 Å². The second kappa shape index (κ2) is 5.28. The summed E-state index contributed by atoms with van der Waals surface area (Å²) < 4.78 is 1.00. The van der Waals surface area contributed by atoms with E-state index in [-0.39, 0.29) is 12.0 Å². The zero-order valence-electron chi connectivity index (χ0n) is 9.97. The summed E-state index contributed by atoms with van der Waals surface area (Å²) in [5.74, 6) is 0. The van der Waals surface area contributed by atoms with Gasteiger partial charge >= 0.3 is 6.09 Å². The SMILES string of the molecule is O=C(O)N1CCC(CO)(c2ccc(Br)cc2)CC1. The molecule has 1 aliphatic heterocycles. The molecule has 1 fully saturated rings. The lowest BCUT2D eigenvalue weighted by atomic mass is 9.73. The minimum atomic E-state index is -0.877. The van der Waals surface area contributed by atoms with Crippen LogP contribution in [0.2, 0.25) is 0 Å². The molecule has 0 saturated carbocycles. The highest BCUT2D eigenvalue weighted by Gasteiger charge is 2.36. The lowest BCUT2D eigenvalue weighted by Gasteiger charge is -2.40. The lowest BCUT2D eigenvalue weighted by molar-refractivity contribution is 0.0894. The quantitative estimate of drug-likeness (QED) is 0.881. The molecule has 98 valence electrons. The smallest absolute Gasteiger partial charge is 0.407 e. The molecule has 1 aromatic carbocycles. The average molecular weight is 314 g/mol. The highest BCUT2D eigenvalue weighted by atomic mass is 79.9. The summed E-state index contributed by atoms with van der Waals surface area (Å²) in [5.41, 5.74) is 0.783. The van der Waals surface area contributed by atoms with Gasteiger partial charge in [0.1, 0.15) is 0 Å². The van der Waals surface area contributed by atoms with Gasteiger partial charge in [-0.2, -0.15) is 0 Å². The van der Waals surface area contributed by atoms with Gasteiger partial charge in [0.2, 0.25) is 0 Å². The van der Waals surface area contributed by atoms with Gasteiger partial charge in [0.15, 0.2) is 0 Å². The van der Waals surface area contributed by atoms with Gasteiger partial charge in [-0.25, -0.2) is 4.79 Å². The molecule has 1 aromatic rings. The molecule has 2 rings (SSSR count). The van der Waals surface area contributed by atoms with Crippen LogP contribution in [0.4, 0.5) is 4.79 Å². The van der Waals surface area contributed by atoms with Gasteiger partial charge in [-0.05, 0) is 30.5 Å². The fraction of sp³-hybridized carbons (Fsp3) is 0.462. The molecule has 0 aromatic heterocycles. The maximum absolute atomic E-state index is 10.9. The maximum atomic E-state index is 10.9. The summed E-state index contributed by atoms with van der Waals surface area (Å²) in [6.07, 6.45) is 0.451. The fourth-order valence-corrected chi connectivity index (χ4v) is 2.73. The summed E-state index contributed by atoms with van der Waals surface area (Å²) in [7, 11) is 0. The Bertz CT molecular complexity index is 424. The predicted molar refractivity (Wildman–Crippen MR) is 71.7 cm³/mol. The Hall–Kier alpha value is -1.07. The standard InChI is InChI=1S/C13H16BrNO3/c14-11-3-1-10(2-4-11)13(9-16)5-7-15(8-6-13)12(17)18/h1-4,16H,5-9H2,(H,17,18). The van der Waals surface area contributed by atoms with Crippen LogP contribution < -0.4 is 0 Å². The van der Waals surface area contributed by atoms with Gasteiger partial charge in [0.05, 0.1) is 6.61 Å². The summed E-state index contributed by atoms with van der Waals surface area (Å²) in [4.78, 5) is 12.3. The summed E-state index contributed by atoms with van der Waals surface area (Å²) in [6, 6.07) is 7.90. The van der Waals surface area contributed by atoms with Gasteiger partial charge in [-0.1, -0.05) is 28.1 Å². The van der Waals surface area contributed by atoms with E-state index in [0.717, 1.165) is 10.0 Å². The van der Waals surface area contributed by atoms with Crippen molar-refractivity contribution < 1.29 is 15.0 Å². The third-order valence-corrected chi connectivity index (χ3v) is 4.28. The number of halogens is 1. The molecule has 1 aliphatic rings. The Morgan fingerprint density at radius 2 is 1.83 bits per heavy atom. The van der Waals surface area contributed by atoms with Crippen LogP contribution in [0.5, 0.6) is 0 Å². The number of benzene rings is 1. The third kappa shape index (κ3) is 2.52. The number of amides is 1. The summed E-state index contributed by atoms with van der Waals surface area (Å²) >= 11 is 3.39. The first-order valence-electron chi connectivity index (χ1n) is 5.92. The van der Waals surface area contributed by atoms with E-state index in [9.17, 15) is 9.90 Å². The van der Waals surface area contributed by atoms with Gasteiger partial charge in [-0.3, -0.25) is 0 Å². The highest BCUT2D eigenvalue weighted by Crippen LogP contribution is 2.35. The third-order valence-electron chi connectivity index (χ3n) is 3.75. The Kier molecular flexibility index (Phi) is 3.92. The predicted octanol–water partition coefficient (Wildman–Crippen LogP) is 2.45. The van der Waals surface area contributed by atoms with Gasteiger partial charge in [0.25, 0.3) is 0 Å². The number of carbonyl (C=O) groups is 1. The molecule has 0 aliphatic carbocycles. The first-order chi connectivity index (χ1) is 8.57. The van der Waals surface area contributed by atoms with Crippen molar-refractivity contribution in [3.05, 3.63) is 34.3 Å². The normalized spacial score (nSPS) is 18.7. The molecule has 1 saturated heterocycles. The Balaban J connectivity index is 2.18. The van der Waals surface area contributed by atoms with E-state index < -0.39 is 6.09 Å². The molecule has 0 unspecified atom stereocenters. The number of rotatable bonds is 2. The second-order valence-corrected chi connectivity index (χ2v) is 5.63. The molecule has 0 bridgehead atoms. The van der Waals surface area contributed by atoms with Crippen molar-refractivity contribution in [3.63, 3.8) is 0 Å². The Morgan fingerprint density at radius 3 is 2.28 bits per heavy atom. The summed E-state index contributed by atoms with van der Waals surface area (Å²) in [6.45, 7) is 1.01. The largest absolute Gasteiger partial charge is 0.465 e. The molecular weight excluding hydrogens is 298 g/mol. The monoisotopic (exact) mass is 313 g/mol. The molecule has 4 nitrogen and oxygen atoms in total. The van der Waals surface area contributed by atoms with Crippen LogP contribution in [0.1, 0.15) is 18.4 Å². The van der Waals surface area contributed by atoms with E-state index in [2.05, 4.69) is 15.9 Å². The van der Waals surface area contributed by atoms with E-state index in [1.54, 1.807) is 0 Å². The zero-order chi connectivity index (χ0) is 13.2. The van der Waals surface area contributed by atoms with Crippen LogP contribution in [0.3, 0.4) is 0 Å². The number of hydrogen-bond donors (Lipinski definition) is 2. The van der Waals surface area contributed by atoms with E-state index in [4.69, 9.17) is 5.11 Å². The molecule has 0 atom stereocenters. The second-order valence-electron chi connectivity index (χ2n) is 4.71. The average Bonchev–Trinajstić information content (AvgIpc) is 2.39. The first-order valence-corrected chi connectivity index (χ1v) is 6.71. The maximum Gasteiger partial charge on any atom is 0.407 e. The molecule has 5 heteroatoms. The molecule has 0 radical (unpaired) electrons.